The predicted molar refractivity (Wildman–Crippen MR) is 61.0 cm³/mol. The van der Waals surface area contributed by atoms with Gasteiger partial charge in [-0.05, 0) is 18.6 Å². The first kappa shape index (κ1) is 9.03. The molecule has 0 unspecified atom stereocenters. The zero-order valence-electron chi connectivity index (χ0n) is 8.83. The second-order valence-electron chi connectivity index (χ2n) is 3.70. The first-order valence-electron chi connectivity index (χ1n) is 5.04. The normalized spacial score (nSPS) is 10.8. The van der Waals surface area contributed by atoms with Crippen LogP contribution < -0.4 is 0 Å². The molecular formula is C12H10N4. The maximum Gasteiger partial charge on any atom is 0.115 e. The van der Waals surface area contributed by atoms with Crippen molar-refractivity contribution in [1.82, 2.24) is 19.6 Å². The van der Waals surface area contributed by atoms with Gasteiger partial charge in [-0.15, -0.1) is 0 Å². The summed E-state index contributed by atoms with van der Waals surface area (Å²) in [6.07, 6.45) is 8.97. The fourth-order valence-corrected chi connectivity index (χ4v) is 1.73. The highest BCUT2D eigenvalue weighted by atomic mass is 15.2. The standard InChI is InChI=1S/C12H10N4/c1-9-4-15-16-7-10(2-3-12(9)16)11-5-13-8-14-6-11/h2-8H,1H3. The topological polar surface area (TPSA) is 43.1 Å². The van der Waals surface area contributed by atoms with Gasteiger partial charge >= 0.3 is 0 Å². The lowest BCUT2D eigenvalue weighted by Crippen LogP contribution is -1.89. The summed E-state index contributed by atoms with van der Waals surface area (Å²) in [6, 6.07) is 4.12. The van der Waals surface area contributed by atoms with E-state index in [1.54, 1.807) is 12.4 Å². The van der Waals surface area contributed by atoms with E-state index in [-0.39, 0.29) is 0 Å². The van der Waals surface area contributed by atoms with Gasteiger partial charge in [-0.1, -0.05) is 6.07 Å². The molecule has 0 aliphatic carbocycles. The van der Waals surface area contributed by atoms with E-state index in [2.05, 4.69) is 27.2 Å². The van der Waals surface area contributed by atoms with E-state index < -0.39 is 0 Å². The van der Waals surface area contributed by atoms with E-state index in [0.717, 1.165) is 16.6 Å². The number of hydrogen-bond donors (Lipinski definition) is 0. The summed E-state index contributed by atoms with van der Waals surface area (Å²) in [5.74, 6) is 0. The number of aryl methyl sites for hydroxylation is 1. The van der Waals surface area contributed by atoms with E-state index in [1.807, 2.05) is 23.8 Å². The Morgan fingerprint density at radius 1 is 1.00 bits per heavy atom. The van der Waals surface area contributed by atoms with Crippen LogP contribution in [0, 0.1) is 6.92 Å². The van der Waals surface area contributed by atoms with Crippen molar-refractivity contribution in [2.24, 2.45) is 0 Å². The van der Waals surface area contributed by atoms with Gasteiger partial charge in [0.15, 0.2) is 0 Å². The molecule has 0 fully saturated rings. The average molecular weight is 210 g/mol. The molecule has 0 aliphatic rings. The molecule has 78 valence electrons. The van der Waals surface area contributed by atoms with E-state index in [0.29, 0.717) is 0 Å². The molecule has 3 rings (SSSR count). The SMILES string of the molecule is Cc1cnn2cc(-c3cncnc3)ccc12. The van der Waals surface area contributed by atoms with Crippen molar-refractivity contribution < 1.29 is 0 Å². The molecule has 3 aromatic rings. The Bertz CT molecular complexity index is 628. The van der Waals surface area contributed by atoms with Gasteiger partial charge in [0.25, 0.3) is 0 Å². The smallest absolute Gasteiger partial charge is 0.115 e. The number of pyridine rings is 1. The van der Waals surface area contributed by atoms with Crippen LogP contribution in [0.25, 0.3) is 16.6 Å². The van der Waals surface area contributed by atoms with Gasteiger partial charge in [-0.3, -0.25) is 0 Å². The molecule has 0 amide bonds. The summed E-state index contributed by atoms with van der Waals surface area (Å²) in [5, 5.41) is 4.28. The Morgan fingerprint density at radius 3 is 2.62 bits per heavy atom. The molecule has 0 atom stereocenters. The zero-order valence-corrected chi connectivity index (χ0v) is 8.83. The van der Waals surface area contributed by atoms with E-state index >= 15 is 0 Å². The summed E-state index contributed by atoms with van der Waals surface area (Å²) in [6.45, 7) is 2.05. The predicted octanol–water partition coefficient (Wildman–Crippen LogP) is 2.10. The second-order valence-corrected chi connectivity index (χ2v) is 3.70. The largest absolute Gasteiger partial charge is 0.244 e. The molecule has 4 heteroatoms. The Balaban J connectivity index is 2.19. The number of rotatable bonds is 1. The first-order chi connectivity index (χ1) is 7.84. The van der Waals surface area contributed by atoms with Crippen LogP contribution >= 0.6 is 0 Å². The van der Waals surface area contributed by atoms with Crippen LogP contribution in [0.1, 0.15) is 5.56 Å². The molecule has 3 heterocycles. The molecule has 0 aromatic carbocycles. The highest BCUT2D eigenvalue weighted by molar-refractivity contribution is 5.65. The summed E-state index contributed by atoms with van der Waals surface area (Å²) in [4.78, 5) is 8.01. The van der Waals surface area contributed by atoms with E-state index in [1.165, 1.54) is 11.9 Å². The average Bonchev–Trinajstić information content (AvgIpc) is 2.72. The molecule has 0 bridgehead atoms. The zero-order chi connectivity index (χ0) is 11.0. The van der Waals surface area contributed by atoms with Crippen molar-refractivity contribution >= 4 is 5.52 Å². The lowest BCUT2D eigenvalue weighted by molar-refractivity contribution is 0.962. The minimum absolute atomic E-state index is 0.998. The Morgan fingerprint density at radius 2 is 1.81 bits per heavy atom. The van der Waals surface area contributed by atoms with Crippen molar-refractivity contribution in [1.29, 1.82) is 0 Å². The lowest BCUT2D eigenvalue weighted by atomic mass is 10.1. The van der Waals surface area contributed by atoms with Crippen LogP contribution in [-0.4, -0.2) is 19.6 Å². The van der Waals surface area contributed by atoms with Crippen molar-refractivity contribution in [3.05, 3.63) is 48.8 Å². The molecule has 4 nitrogen and oxygen atoms in total. The fourth-order valence-electron chi connectivity index (χ4n) is 1.73. The highest BCUT2D eigenvalue weighted by Crippen LogP contribution is 2.19. The van der Waals surface area contributed by atoms with Gasteiger partial charge in [-0.2, -0.15) is 5.10 Å². The quantitative estimate of drug-likeness (QED) is 0.617. The van der Waals surface area contributed by atoms with Crippen LogP contribution in [0.4, 0.5) is 0 Å². The van der Waals surface area contributed by atoms with Gasteiger partial charge in [0.1, 0.15) is 6.33 Å². The summed E-state index contributed by atoms with van der Waals surface area (Å²) in [5.41, 5.74) is 4.37. The van der Waals surface area contributed by atoms with Crippen molar-refractivity contribution in [3.8, 4) is 11.1 Å². The van der Waals surface area contributed by atoms with Crippen LogP contribution in [0.5, 0.6) is 0 Å². The molecule has 0 spiro atoms. The van der Waals surface area contributed by atoms with Gasteiger partial charge in [0, 0.05) is 29.7 Å². The molecule has 0 saturated heterocycles. The number of aromatic nitrogens is 4. The fraction of sp³-hybridized carbons (Fsp3) is 0.0833. The Labute approximate surface area is 92.6 Å². The molecule has 16 heavy (non-hydrogen) atoms. The van der Waals surface area contributed by atoms with E-state index in [4.69, 9.17) is 0 Å². The number of hydrogen-bond acceptors (Lipinski definition) is 3. The molecule has 0 radical (unpaired) electrons. The van der Waals surface area contributed by atoms with Crippen molar-refractivity contribution in [2.45, 2.75) is 6.92 Å². The molecule has 0 aliphatic heterocycles. The van der Waals surface area contributed by atoms with Crippen molar-refractivity contribution in [3.63, 3.8) is 0 Å². The summed E-state index contributed by atoms with van der Waals surface area (Å²) < 4.78 is 1.87. The molecule has 0 saturated carbocycles. The first-order valence-corrected chi connectivity index (χ1v) is 5.04. The number of fused-ring (bicyclic) bond motifs is 1. The van der Waals surface area contributed by atoms with E-state index in [9.17, 15) is 0 Å². The van der Waals surface area contributed by atoms with Gasteiger partial charge in [-0.25, -0.2) is 14.5 Å². The lowest BCUT2D eigenvalue weighted by Gasteiger charge is -2.01. The third-order valence-corrected chi connectivity index (χ3v) is 2.60. The third kappa shape index (κ3) is 1.35. The second kappa shape index (κ2) is 3.41. The van der Waals surface area contributed by atoms with Gasteiger partial charge in [0.2, 0.25) is 0 Å². The summed E-state index contributed by atoms with van der Waals surface area (Å²) >= 11 is 0. The number of nitrogens with zero attached hydrogens (tertiary/aromatic N) is 4. The maximum absolute atomic E-state index is 4.28. The molecule has 3 aromatic heterocycles. The summed E-state index contributed by atoms with van der Waals surface area (Å²) in [7, 11) is 0. The minimum Gasteiger partial charge on any atom is -0.244 e. The van der Waals surface area contributed by atoms with Crippen LogP contribution in [-0.2, 0) is 0 Å². The third-order valence-electron chi connectivity index (χ3n) is 2.60. The molecule has 0 N–H and O–H groups in total. The van der Waals surface area contributed by atoms with Crippen LogP contribution in [0.2, 0.25) is 0 Å². The highest BCUT2D eigenvalue weighted by Gasteiger charge is 2.02. The maximum atomic E-state index is 4.28. The van der Waals surface area contributed by atoms with Crippen LogP contribution in [0.3, 0.4) is 0 Å². The van der Waals surface area contributed by atoms with Crippen molar-refractivity contribution in [2.75, 3.05) is 0 Å². The van der Waals surface area contributed by atoms with Crippen LogP contribution in [0.15, 0.2) is 43.2 Å². The minimum atomic E-state index is 0.998. The monoisotopic (exact) mass is 210 g/mol. The molecular weight excluding hydrogens is 200 g/mol. The Kier molecular flexibility index (Phi) is 1.93. The van der Waals surface area contributed by atoms with Gasteiger partial charge in [0.05, 0.1) is 11.7 Å². The van der Waals surface area contributed by atoms with Gasteiger partial charge < -0.3 is 0 Å². The Hall–Kier alpha value is -2.23.